The van der Waals surface area contributed by atoms with Gasteiger partial charge in [-0.2, -0.15) is 0 Å². The second-order valence-corrected chi connectivity index (χ2v) is 5.68. The number of hydrogen-bond donors (Lipinski definition) is 1. The Morgan fingerprint density at radius 2 is 1.81 bits per heavy atom. The minimum Gasteiger partial charge on any atom is -0.387 e. The van der Waals surface area contributed by atoms with E-state index in [0.29, 0.717) is 5.52 Å². The molecular weight excluding hydrogens is 331 g/mol. The first-order valence-electron chi connectivity index (χ1n) is 6.65. The van der Waals surface area contributed by atoms with Gasteiger partial charge in [0.25, 0.3) is 0 Å². The third kappa shape index (κ3) is 2.29. The average molecular weight is 345 g/mol. The molecule has 2 aromatic carbocycles. The van der Waals surface area contributed by atoms with Crippen molar-refractivity contribution in [1.29, 1.82) is 0 Å². The standard InChI is InChI=1S/C17H14BrFN2/c1-10-15(11-6-4-3-5-7-11)21-17-13(19)9-8-12(18)14(17)16(10)20-2/h3-9H,1-2H3,(H,20,21). The highest BCUT2D eigenvalue weighted by Gasteiger charge is 2.16. The number of hydrogen-bond acceptors (Lipinski definition) is 2. The normalized spacial score (nSPS) is 10.9. The second-order valence-electron chi connectivity index (χ2n) is 4.83. The van der Waals surface area contributed by atoms with Crippen LogP contribution in [0.25, 0.3) is 22.2 Å². The Labute approximate surface area is 131 Å². The molecule has 0 amide bonds. The average Bonchev–Trinajstić information content (AvgIpc) is 2.51. The van der Waals surface area contributed by atoms with Gasteiger partial charge in [0.05, 0.1) is 5.69 Å². The highest BCUT2D eigenvalue weighted by molar-refractivity contribution is 9.10. The van der Waals surface area contributed by atoms with Crippen LogP contribution in [-0.2, 0) is 0 Å². The zero-order chi connectivity index (χ0) is 15.0. The molecule has 0 aliphatic carbocycles. The van der Waals surface area contributed by atoms with Crippen molar-refractivity contribution in [3.63, 3.8) is 0 Å². The van der Waals surface area contributed by atoms with Crippen molar-refractivity contribution >= 4 is 32.5 Å². The van der Waals surface area contributed by atoms with Crippen LogP contribution in [0.15, 0.2) is 46.9 Å². The smallest absolute Gasteiger partial charge is 0.149 e. The molecule has 2 nitrogen and oxygen atoms in total. The van der Waals surface area contributed by atoms with Crippen LogP contribution in [0.4, 0.5) is 10.1 Å². The van der Waals surface area contributed by atoms with Crippen molar-refractivity contribution < 1.29 is 4.39 Å². The van der Waals surface area contributed by atoms with Crippen LogP contribution in [0.2, 0.25) is 0 Å². The Hall–Kier alpha value is -1.94. The van der Waals surface area contributed by atoms with Crippen molar-refractivity contribution in [1.82, 2.24) is 4.98 Å². The van der Waals surface area contributed by atoms with E-state index in [1.165, 1.54) is 6.07 Å². The first-order valence-corrected chi connectivity index (χ1v) is 7.44. The number of halogens is 2. The third-order valence-electron chi connectivity index (χ3n) is 3.58. The lowest BCUT2D eigenvalue weighted by atomic mass is 10.0. The van der Waals surface area contributed by atoms with Gasteiger partial charge in [-0.3, -0.25) is 0 Å². The summed E-state index contributed by atoms with van der Waals surface area (Å²) in [6.45, 7) is 2.00. The largest absolute Gasteiger partial charge is 0.387 e. The van der Waals surface area contributed by atoms with E-state index in [0.717, 1.165) is 32.4 Å². The number of benzene rings is 2. The van der Waals surface area contributed by atoms with E-state index in [-0.39, 0.29) is 5.82 Å². The summed E-state index contributed by atoms with van der Waals surface area (Å²) in [5, 5.41) is 3.95. The van der Waals surface area contributed by atoms with Gasteiger partial charge in [-0.1, -0.05) is 46.3 Å². The maximum atomic E-state index is 14.2. The summed E-state index contributed by atoms with van der Waals surface area (Å²) >= 11 is 3.49. The summed E-state index contributed by atoms with van der Waals surface area (Å²) in [6.07, 6.45) is 0. The van der Waals surface area contributed by atoms with Crippen LogP contribution in [0.1, 0.15) is 5.56 Å². The maximum Gasteiger partial charge on any atom is 0.149 e. The third-order valence-corrected chi connectivity index (χ3v) is 4.24. The topological polar surface area (TPSA) is 24.9 Å². The van der Waals surface area contributed by atoms with Gasteiger partial charge >= 0.3 is 0 Å². The molecule has 1 heterocycles. The van der Waals surface area contributed by atoms with E-state index in [1.54, 1.807) is 6.07 Å². The van der Waals surface area contributed by atoms with Crippen molar-refractivity contribution in [2.24, 2.45) is 0 Å². The lowest BCUT2D eigenvalue weighted by Gasteiger charge is -2.15. The Morgan fingerprint density at radius 1 is 1.10 bits per heavy atom. The van der Waals surface area contributed by atoms with Crippen LogP contribution < -0.4 is 5.32 Å². The molecule has 4 heteroatoms. The molecule has 1 aromatic heterocycles. The highest BCUT2D eigenvalue weighted by Crippen LogP contribution is 2.37. The molecule has 21 heavy (non-hydrogen) atoms. The van der Waals surface area contributed by atoms with E-state index in [2.05, 4.69) is 26.2 Å². The van der Waals surface area contributed by atoms with Gasteiger partial charge in [-0.15, -0.1) is 0 Å². The first-order chi connectivity index (χ1) is 10.1. The van der Waals surface area contributed by atoms with E-state index in [1.807, 2.05) is 44.3 Å². The number of anilines is 1. The molecule has 0 saturated heterocycles. The number of pyridine rings is 1. The monoisotopic (exact) mass is 344 g/mol. The van der Waals surface area contributed by atoms with Gasteiger partial charge < -0.3 is 5.32 Å². The SMILES string of the molecule is CNc1c(C)c(-c2ccccc2)nc2c(F)ccc(Br)c12. The maximum absolute atomic E-state index is 14.2. The van der Waals surface area contributed by atoms with E-state index >= 15 is 0 Å². The molecule has 0 aliphatic rings. The predicted octanol–water partition coefficient (Wildman–Crippen LogP) is 5.15. The Bertz CT molecular complexity index is 816. The molecule has 3 rings (SSSR count). The van der Waals surface area contributed by atoms with Gasteiger partial charge in [0.1, 0.15) is 11.3 Å². The predicted molar refractivity (Wildman–Crippen MR) is 89.1 cm³/mol. The summed E-state index contributed by atoms with van der Waals surface area (Å²) < 4.78 is 15.0. The molecule has 0 bridgehead atoms. The lowest BCUT2D eigenvalue weighted by Crippen LogP contribution is -2.00. The molecule has 3 aromatic rings. The number of nitrogens with zero attached hydrogens (tertiary/aromatic N) is 1. The molecule has 106 valence electrons. The van der Waals surface area contributed by atoms with E-state index in [4.69, 9.17) is 0 Å². The van der Waals surface area contributed by atoms with Crippen molar-refractivity contribution in [3.8, 4) is 11.3 Å². The zero-order valence-electron chi connectivity index (χ0n) is 11.7. The summed E-state index contributed by atoms with van der Waals surface area (Å²) in [6, 6.07) is 13.0. The summed E-state index contributed by atoms with van der Waals surface area (Å²) in [5.74, 6) is -0.318. The summed E-state index contributed by atoms with van der Waals surface area (Å²) in [7, 11) is 1.84. The van der Waals surface area contributed by atoms with Crippen LogP contribution >= 0.6 is 15.9 Å². The Kier molecular flexibility index (Phi) is 3.64. The van der Waals surface area contributed by atoms with Crippen LogP contribution in [0, 0.1) is 12.7 Å². The minimum absolute atomic E-state index is 0.318. The van der Waals surface area contributed by atoms with Gasteiger partial charge in [-0.05, 0) is 24.6 Å². The first kappa shape index (κ1) is 14.0. The molecule has 0 atom stereocenters. The van der Waals surface area contributed by atoms with E-state index < -0.39 is 0 Å². The summed E-state index contributed by atoms with van der Waals surface area (Å²) in [4.78, 5) is 4.57. The molecule has 0 fully saturated rings. The van der Waals surface area contributed by atoms with E-state index in [9.17, 15) is 4.39 Å². The molecule has 1 N–H and O–H groups in total. The van der Waals surface area contributed by atoms with Crippen molar-refractivity contribution in [3.05, 3.63) is 58.3 Å². The van der Waals surface area contributed by atoms with Crippen LogP contribution in [0.5, 0.6) is 0 Å². The van der Waals surface area contributed by atoms with Gasteiger partial charge in [0.2, 0.25) is 0 Å². The quantitative estimate of drug-likeness (QED) is 0.694. The van der Waals surface area contributed by atoms with Crippen molar-refractivity contribution in [2.75, 3.05) is 12.4 Å². The summed E-state index contributed by atoms with van der Waals surface area (Å²) in [5.41, 5.74) is 4.04. The highest BCUT2D eigenvalue weighted by atomic mass is 79.9. The van der Waals surface area contributed by atoms with Gasteiger partial charge in [0, 0.05) is 28.2 Å². The van der Waals surface area contributed by atoms with Crippen LogP contribution in [-0.4, -0.2) is 12.0 Å². The lowest BCUT2D eigenvalue weighted by molar-refractivity contribution is 0.636. The second kappa shape index (κ2) is 5.45. The van der Waals surface area contributed by atoms with Crippen molar-refractivity contribution in [2.45, 2.75) is 6.92 Å². The fourth-order valence-electron chi connectivity index (χ4n) is 2.58. The number of nitrogens with one attached hydrogen (secondary N) is 1. The molecule has 0 radical (unpaired) electrons. The zero-order valence-corrected chi connectivity index (χ0v) is 13.3. The molecule has 0 spiro atoms. The fourth-order valence-corrected chi connectivity index (χ4v) is 3.10. The van der Waals surface area contributed by atoms with Crippen LogP contribution in [0.3, 0.4) is 0 Å². The van der Waals surface area contributed by atoms with Gasteiger partial charge in [-0.25, -0.2) is 9.37 Å². The number of fused-ring (bicyclic) bond motifs is 1. The Morgan fingerprint density at radius 3 is 2.48 bits per heavy atom. The minimum atomic E-state index is -0.318. The molecule has 0 aliphatic heterocycles. The molecule has 0 unspecified atom stereocenters. The Balaban J connectivity index is 2.44. The molecule has 0 saturated carbocycles. The molecular formula is C17H14BrFN2. The number of aromatic nitrogens is 1. The van der Waals surface area contributed by atoms with Gasteiger partial charge in [0.15, 0.2) is 0 Å². The number of rotatable bonds is 2. The fraction of sp³-hybridized carbons (Fsp3) is 0.118.